The predicted molar refractivity (Wildman–Crippen MR) is 122 cm³/mol. The summed E-state index contributed by atoms with van der Waals surface area (Å²) in [5.74, 6) is 0.0983. The van der Waals surface area contributed by atoms with E-state index in [-0.39, 0.29) is 5.97 Å². The van der Waals surface area contributed by atoms with Crippen LogP contribution in [0.5, 0.6) is 5.88 Å². The highest BCUT2D eigenvalue weighted by Crippen LogP contribution is 2.29. The number of likely N-dealkylation sites (tertiary alicyclic amines) is 1. The van der Waals surface area contributed by atoms with Gasteiger partial charge in [0.1, 0.15) is 0 Å². The number of esters is 1. The Labute approximate surface area is 184 Å². The molecule has 1 fully saturated rings. The summed E-state index contributed by atoms with van der Waals surface area (Å²) in [6.45, 7) is 7.71. The molecule has 2 aromatic rings. The third-order valence-corrected chi connectivity index (χ3v) is 5.66. The number of hydrogen-bond donors (Lipinski definition) is 2. The molecule has 1 aliphatic rings. The van der Waals surface area contributed by atoms with Crippen molar-refractivity contribution in [2.75, 3.05) is 39.9 Å². The molecule has 1 aromatic heterocycles. The molecule has 1 unspecified atom stereocenters. The number of piperidine rings is 1. The average molecular weight is 428 g/mol. The van der Waals surface area contributed by atoms with Gasteiger partial charge in [0.25, 0.3) is 0 Å². The van der Waals surface area contributed by atoms with E-state index in [0.29, 0.717) is 30.6 Å². The highest BCUT2D eigenvalue weighted by molar-refractivity contribution is 5.95. The Kier molecular flexibility index (Phi) is 8.40. The van der Waals surface area contributed by atoms with Crippen molar-refractivity contribution in [3.63, 3.8) is 0 Å². The van der Waals surface area contributed by atoms with Crippen LogP contribution in [-0.2, 0) is 9.53 Å². The van der Waals surface area contributed by atoms with Gasteiger partial charge in [-0.25, -0.2) is 9.78 Å². The first-order chi connectivity index (χ1) is 15.0. The molecule has 3 rings (SSSR count). The standard InChI is InChI=1S/C24H33N3O4/c1-4-25-18-12-14-27(15-13-18)16-21(28)20-8-6-17(7-11-23(29)31-5-2)19-9-10-22(30-3)26-24(19)20/h6-11,18,21,25,28H,4-5,12-16H2,1-3H3/b11-7+. The van der Waals surface area contributed by atoms with E-state index < -0.39 is 6.10 Å². The fourth-order valence-corrected chi connectivity index (χ4v) is 4.07. The molecule has 1 aromatic carbocycles. The Morgan fingerprint density at radius 1 is 1.29 bits per heavy atom. The molecule has 1 atom stereocenters. The minimum Gasteiger partial charge on any atom is -0.481 e. The monoisotopic (exact) mass is 427 g/mol. The van der Waals surface area contributed by atoms with Gasteiger partial charge in [0.15, 0.2) is 0 Å². The van der Waals surface area contributed by atoms with Crippen molar-refractivity contribution in [1.82, 2.24) is 15.2 Å². The molecule has 1 saturated heterocycles. The molecule has 2 N–H and O–H groups in total. The van der Waals surface area contributed by atoms with Crippen LogP contribution in [0.4, 0.5) is 0 Å². The normalized spacial score (nSPS) is 16.6. The Hall–Kier alpha value is -2.48. The van der Waals surface area contributed by atoms with Gasteiger partial charge in [0.05, 0.1) is 25.3 Å². The first-order valence-corrected chi connectivity index (χ1v) is 11.0. The third-order valence-electron chi connectivity index (χ3n) is 5.66. The lowest BCUT2D eigenvalue weighted by atomic mass is 9.98. The highest BCUT2D eigenvalue weighted by Gasteiger charge is 2.22. The summed E-state index contributed by atoms with van der Waals surface area (Å²) < 4.78 is 10.3. The third kappa shape index (κ3) is 6.03. The number of aliphatic hydroxyl groups is 1. The van der Waals surface area contributed by atoms with E-state index in [1.165, 1.54) is 6.08 Å². The van der Waals surface area contributed by atoms with Crippen LogP contribution < -0.4 is 10.1 Å². The van der Waals surface area contributed by atoms with Gasteiger partial charge in [-0.1, -0.05) is 19.1 Å². The number of aliphatic hydroxyl groups excluding tert-OH is 1. The Morgan fingerprint density at radius 2 is 2.06 bits per heavy atom. The second-order valence-electron chi connectivity index (χ2n) is 7.73. The second-order valence-corrected chi connectivity index (χ2v) is 7.73. The zero-order chi connectivity index (χ0) is 22.2. The topological polar surface area (TPSA) is 83.9 Å². The summed E-state index contributed by atoms with van der Waals surface area (Å²) >= 11 is 0. The molecule has 0 bridgehead atoms. The van der Waals surface area contributed by atoms with Gasteiger partial charge in [-0.05, 0) is 57.1 Å². The molecule has 7 heteroatoms. The van der Waals surface area contributed by atoms with Gasteiger partial charge in [0.2, 0.25) is 5.88 Å². The van der Waals surface area contributed by atoms with E-state index in [2.05, 4.69) is 22.1 Å². The van der Waals surface area contributed by atoms with Crippen LogP contribution >= 0.6 is 0 Å². The van der Waals surface area contributed by atoms with Crippen LogP contribution in [0.25, 0.3) is 17.0 Å². The smallest absolute Gasteiger partial charge is 0.330 e. The lowest BCUT2D eigenvalue weighted by Gasteiger charge is -2.33. The fraction of sp³-hybridized carbons (Fsp3) is 0.500. The van der Waals surface area contributed by atoms with Crippen molar-refractivity contribution in [3.8, 4) is 5.88 Å². The molecule has 0 radical (unpaired) electrons. The van der Waals surface area contributed by atoms with E-state index >= 15 is 0 Å². The van der Waals surface area contributed by atoms with Crippen molar-refractivity contribution in [3.05, 3.63) is 41.5 Å². The molecule has 0 saturated carbocycles. The number of fused-ring (bicyclic) bond motifs is 1. The Morgan fingerprint density at radius 3 is 2.74 bits per heavy atom. The first kappa shape index (κ1) is 23.2. The molecule has 7 nitrogen and oxygen atoms in total. The van der Waals surface area contributed by atoms with E-state index in [4.69, 9.17) is 9.47 Å². The number of β-amino-alcohol motifs (C(OH)–C–C–N with tert-alkyl or cyclic N) is 1. The van der Waals surface area contributed by atoms with Crippen molar-refractivity contribution in [1.29, 1.82) is 0 Å². The van der Waals surface area contributed by atoms with Crippen molar-refractivity contribution in [2.45, 2.75) is 38.8 Å². The van der Waals surface area contributed by atoms with Gasteiger partial charge in [-0.2, -0.15) is 0 Å². The average Bonchev–Trinajstić information content (AvgIpc) is 2.78. The quantitative estimate of drug-likeness (QED) is 0.470. The summed E-state index contributed by atoms with van der Waals surface area (Å²) in [6, 6.07) is 8.05. The maximum absolute atomic E-state index is 11.7. The van der Waals surface area contributed by atoms with Gasteiger partial charge < -0.3 is 24.8 Å². The number of carbonyl (C=O) groups is 1. The van der Waals surface area contributed by atoms with Crippen molar-refractivity contribution < 1.29 is 19.4 Å². The molecule has 2 heterocycles. The summed E-state index contributed by atoms with van der Waals surface area (Å²) in [7, 11) is 1.57. The number of ether oxygens (including phenoxy) is 2. The minimum atomic E-state index is -0.666. The Bertz CT molecular complexity index is 907. The van der Waals surface area contributed by atoms with E-state index in [1.54, 1.807) is 26.2 Å². The van der Waals surface area contributed by atoms with Crippen LogP contribution in [0.1, 0.15) is 43.9 Å². The predicted octanol–water partition coefficient (Wildman–Crippen LogP) is 2.93. The summed E-state index contributed by atoms with van der Waals surface area (Å²) in [4.78, 5) is 18.6. The van der Waals surface area contributed by atoms with Crippen LogP contribution in [0.2, 0.25) is 0 Å². The molecular formula is C24H33N3O4. The zero-order valence-electron chi connectivity index (χ0n) is 18.6. The number of carbonyl (C=O) groups excluding carboxylic acids is 1. The second kappa shape index (κ2) is 11.2. The van der Waals surface area contributed by atoms with Gasteiger partial charge >= 0.3 is 5.97 Å². The zero-order valence-corrected chi connectivity index (χ0v) is 18.6. The first-order valence-electron chi connectivity index (χ1n) is 11.0. The van der Waals surface area contributed by atoms with Crippen LogP contribution in [0, 0.1) is 0 Å². The molecule has 0 amide bonds. The van der Waals surface area contributed by atoms with E-state index in [9.17, 15) is 9.90 Å². The number of pyridine rings is 1. The van der Waals surface area contributed by atoms with Crippen LogP contribution in [0.3, 0.4) is 0 Å². The molecule has 1 aliphatic heterocycles. The van der Waals surface area contributed by atoms with Crippen LogP contribution in [0.15, 0.2) is 30.3 Å². The number of nitrogens with one attached hydrogen (secondary N) is 1. The molecule has 31 heavy (non-hydrogen) atoms. The lowest BCUT2D eigenvalue weighted by Crippen LogP contribution is -2.43. The number of methoxy groups -OCH3 is 1. The highest BCUT2D eigenvalue weighted by atomic mass is 16.5. The van der Waals surface area contributed by atoms with Gasteiger partial charge in [-0.15, -0.1) is 0 Å². The summed E-state index contributed by atoms with van der Waals surface area (Å²) in [5, 5.41) is 15.4. The largest absolute Gasteiger partial charge is 0.481 e. The molecule has 0 spiro atoms. The molecular weight excluding hydrogens is 394 g/mol. The number of aromatic nitrogens is 1. The fourth-order valence-electron chi connectivity index (χ4n) is 4.07. The van der Waals surface area contributed by atoms with Crippen LogP contribution in [-0.4, -0.2) is 66.9 Å². The molecule has 0 aliphatic carbocycles. The molecule has 168 valence electrons. The van der Waals surface area contributed by atoms with Gasteiger partial charge in [-0.3, -0.25) is 0 Å². The van der Waals surface area contributed by atoms with Gasteiger partial charge in [0, 0.05) is 35.7 Å². The lowest BCUT2D eigenvalue weighted by molar-refractivity contribution is -0.137. The maximum atomic E-state index is 11.7. The SMILES string of the molecule is CCNC1CCN(CC(O)c2ccc(/C=C/C(=O)OCC)c3ccc(OC)nc23)CC1. The van der Waals surface area contributed by atoms with E-state index in [0.717, 1.165) is 49.0 Å². The number of hydrogen-bond acceptors (Lipinski definition) is 7. The minimum absolute atomic E-state index is 0.333. The van der Waals surface area contributed by atoms with E-state index in [1.807, 2.05) is 18.2 Å². The Balaban J connectivity index is 1.83. The van der Waals surface area contributed by atoms with Crippen molar-refractivity contribution >= 4 is 22.9 Å². The number of benzene rings is 1. The number of rotatable bonds is 9. The summed E-state index contributed by atoms with van der Waals surface area (Å²) in [6.07, 6.45) is 4.64. The number of nitrogens with zero attached hydrogens (tertiary/aromatic N) is 2. The summed E-state index contributed by atoms with van der Waals surface area (Å²) in [5.41, 5.74) is 2.27. The maximum Gasteiger partial charge on any atom is 0.330 e. The van der Waals surface area contributed by atoms with Crippen molar-refractivity contribution in [2.24, 2.45) is 0 Å².